The van der Waals surface area contributed by atoms with Crippen molar-refractivity contribution in [3.05, 3.63) is 12.2 Å². The smallest absolute Gasteiger partial charge is 0.140 e. The highest BCUT2D eigenvalue weighted by atomic mass is 16.1. The lowest BCUT2D eigenvalue weighted by Gasteiger charge is -2.22. The molecule has 1 aliphatic rings. The van der Waals surface area contributed by atoms with Crippen LogP contribution >= 0.6 is 0 Å². The van der Waals surface area contributed by atoms with Crippen molar-refractivity contribution in [1.29, 1.82) is 0 Å². The Morgan fingerprint density at radius 3 is 2.91 bits per heavy atom. The van der Waals surface area contributed by atoms with Crippen LogP contribution in [0, 0.1) is 11.8 Å². The number of ketones is 1. The fourth-order valence-electron chi connectivity index (χ4n) is 1.56. The predicted octanol–water partition coefficient (Wildman–Crippen LogP) is 2.57. The van der Waals surface area contributed by atoms with E-state index in [1.165, 1.54) is 0 Å². The highest BCUT2D eigenvalue weighted by Gasteiger charge is 2.23. The molecule has 0 saturated carbocycles. The van der Waals surface area contributed by atoms with Gasteiger partial charge in [-0.05, 0) is 12.3 Å². The molecule has 1 heteroatoms. The minimum absolute atomic E-state index is 0.310. The Bertz CT molecular complexity index is 170. The molecule has 1 aliphatic carbocycles. The topological polar surface area (TPSA) is 17.1 Å². The van der Waals surface area contributed by atoms with Crippen molar-refractivity contribution in [1.82, 2.24) is 0 Å². The Morgan fingerprint density at radius 1 is 1.64 bits per heavy atom. The van der Waals surface area contributed by atoms with E-state index in [1.807, 2.05) is 6.08 Å². The van der Waals surface area contributed by atoms with Crippen LogP contribution in [0.1, 0.15) is 33.1 Å². The van der Waals surface area contributed by atoms with Crippen LogP contribution in [0.2, 0.25) is 0 Å². The molecule has 0 amide bonds. The molecular weight excluding hydrogens is 136 g/mol. The molecule has 11 heavy (non-hydrogen) atoms. The third kappa shape index (κ3) is 1.92. The molecule has 0 aliphatic heterocycles. The van der Waals surface area contributed by atoms with E-state index in [1.54, 1.807) is 0 Å². The fraction of sp³-hybridized carbons (Fsp3) is 0.700. The zero-order valence-electron chi connectivity index (χ0n) is 7.34. The minimum atomic E-state index is 0.310. The van der Waals surface area contributed by atoms with Gasteiger partial charge in [-0.3, -0.25) is 4.79 Å². The van der Waals surface area contributed by atoms with E-state index in [2.05, 4.69) is 19.9 Å². The zero-order valence-corrected chi connectivity index (χ0v) is 7.34. The maximum absolute atomic E-state index is 11.3. The highest BCUT2D eigenvalue weighted by molar-refractivity contribution is 5.83. The molecule has 0 heterocycles. The van der Waals surface area contributed by atoms with Gasteiger partial charge in [0, 0.05) is 12.3 Å². The third-order valence-electron chi connectivity index (χ3n) is 2.62. The van der Waals surface area contributed by atoms with Crippen molar-refractivity contribution in [3.63, 3.8) is 0 Å². The molecule has 0 aromatic heterocycles. The van der Waals surface area contributed by atoms with E-state index >= 15 is 0 Å². The number of carbonyl (C=O) groups is 1. The van der Waals surface area contributed by atoms with E-state index in [9.17, 15) is 4.79 Å². The second-order valence-corrected chi connectivity index (χ2v) is 3.37. The average Bonchev–Trinajstić information content (AvgIpc) is 2.04. The van der Waals surface area contributed by atoms with Gasteiger partial charge in [0.05, 0.1) is 0 Å². The first kappa shape index (κ1) is 8.51. The minimum Gasteiger partial charge on any atom is -0.299 e. The summed E-state index contributed by atoms with van der Waals surface area (Å²) < 4.78 is 0. The summed E-state index contributed by atoms with van der Waals surface area (Å²) in [5.41, 5.74) is 0. The third-order valence-corrected chi connectivity index (χ3v) is 2.62. The lowest BCUT2D eigenvalue weighted by molar-refractivity contribution is -0.123. The van der Waals surface area contributed by atoms with Crippen molar-refractivity contribution in [2.24, 2.45) is 11.8 Å². The van der Waals surface area contributed by atoms with Gasteiger partial charge in [0.1, 0.15) is 5.78 Å². The molecular formula is C10H16O. The van der Waals surface area contributed by atoms with Crippen LogP contribution in [-0.4, -0.2) is 5.78 Å². The maximum Gasteiger partial charge on any atom is 0.140 e. The lowest BCUT2D eigenvalue weighted by Crippen LogP contribution is -2.22. The summed E-state index contributed by atoms with van der Waals surface area (Å²) in [5.74, 6) is 1.30. The van der Waals surface area contributed by atoms with Crippen LogP contribution in [-0.2, 0) is 4.79 Å². The van der Waals surface area contributed by atoms with E-state index < -0.39 is 0 Å². The van der Waals surface area contributed by atoms with Crippen molar-refractivity contribution < 1.29 is 4.79 Å². The molecule has 0 aromatic rings. The number of carbonyl (C=O) groups excluding carboxylic acids is 1. The highest BCUT2D eigenvalue weighted by Crippen LogP contribution is 2.24. The summed E-state index contributed by atoms with van der Waals surface area (Å²) in [7, 11) is 0. The first-order chi connectivity index (χ1) is 5.25. The van der Waals surface area contributed by atoms with E-state index in [4.69, 9.17) is 0 Å². The standard InChI is InChI=1S/C10H16O/c1-3-8(2)9-6-4-5-7-10(9)11/h4-5,8-9H,3,6-7H2,1-2H3/t8-,9?/m0/s1. The molecule has 2 atom stereocenters. The van der Waals surface area contributed by atoms with Crippen molar-refractivity contribution in [3.8, 4) is 0 Å². The Balaban J connectivity index is 2.56. The largest absolute Gasteiger partial charge is 0.299 e. The van der Waals surface area contributed by atoms with Crippen LogP contribution in [0.3, 0.4) is 0 Å². The summed E-state index contributed by atoms with van der Waals surface area (Å²) in [6.45, 7) is 4.32. The molecule has 0 saturated heterocycles. The maximum atomic E-state index is 11.3. The number of Topliss-reactive ketones (excluding diaryl/α,β-unsaturated/α-hetero) is 1. The Morgan fingerprint density at radius 2 is 2.36 bits per heavy atom. The van der Waals surface area contributed by atoms with E-state index in [0.717, 1.165) is 12.8 Å². The molecule has 1 rings (SSSR count). The Labute approximate surface area is 68.5 Å². The van der Waals surface area contributed by atoms with Crippen LogP contribution < -0.4 is 0 Å². The number of rotatable bonds is 2. The average molecular weight is 152 g/mol. The quantitative estimate of drug-likeness (QED) is 0.556. The first-order valence-corrected chi connectivity index (χ1v) is 4.43. The van der Waals surface area contributed by atoms with Gasteiger partial charge in [-0.2, -0.15) is 0 Å². The van der Waals surface area contributed by atoms with Crippen LogP contribution in [0.5, 0.6) is 0 Å². The lowest BCUT2D eigenvalue weighted by atomic mass is 9.82. The second kappa shape index (κ2) is 3.70. The van der Waals surface area contributed by atoms with Gasteiger partial charge in [0.2, 0.25) is 0 Å². The molecule has 0 fully saturated rings. The van der Waals surface area contributed by atoms with Crippen LogP contribution in [0.25, 0.3) is 0 Å². The molecule has 1 nitrogen and oxygen atoms in total. The molecule has 62 valence electrons. The summed E-state index contributed by atoms with van der Waals surface area (Å²) in [6.07, 6.45) is 6.87. The van der Waals surface area contributed by atoms with E-state index in [-0.39, 0.29) is 0 Å². The number of allylic oxidation sites excluding steroid dienone is 2. The molecule has 0 bridgehead atoms. The SMILES string of the molecule is CC[C@H](C)C1CC=CCC1=O. The van der Waals surface area contributed by atoms with Gasteiger partial charge >= 0.3 is 0 Å². The normalized spacial score (nSPS) is 27.1. The van der Waals surface area contributed by atoms with E-state index in [0.29, 0.717) is 24.0 Å². The second-order valence-electron chi connectivity index (χ2n) is 3.37. The summed E-state index contributed by atoms with van der Waals surface area (Å²) >= 11 is 0. The number of hydrogen-bond acceptors (Lipinski definition) is 1. The van der Waals surface area contributed by atoms with Crippen LogP contribution in [0.4, 0.5) is 0 Å². The fourth-order valence-corrected chi connectivity index (χ4v) is 1.56. The monoisotopic (exact) mass is 152 g/mol. The van der Waals surface area contributed by atoms with Gasteiger partial charge < -0.3 is 0 Å². The predicted molar refractivity (Wildman–Crippen MR) is 46.3 cm³/mol. The van der Waals surface area contributed by atoms with Gasteiger partial charge in [-0.1, -0.05) is 32.4 Å². The van der Waals surface area contributed by atoms with Crippen molar-refractivity contribution >= 4 is 5.78 Å². The van der Waals surface area contributed by atoms with Crippen LogP contribution in [0.15, 0.2) is 12.2 Å². The summed E-state index contributed by atoms with van der Waals surface area (Å²) in [5, 5.41) is 0. The van der Waals surface area contributed by atoms with Crippen molar-refractivity contribution in [2.45, 2.75) is 33.1 Å². The van der Waals surface area contributed by atoms with Gasteiger partial charge in [0.15, 0.2) is 0 Å². The molecule has 0 radical (unpaired) electrons. The Hall–Kier alpha value is -0.590. The molecule has 0 spiro atoms. The molecule has 0 aromatic carbocycles. The molecule has 1 unspecified atom stereocenters. The Kier molecular flexibility index (Phi) is 2.86. The summed E-state index contributed by atoms with van der Waals surface area (Å²) in [6, 6.07) is 0. The first-order valence-electron chi connectivity index (χ1n) is 4.43. The number of hydrogen-bond donors (Lipinski definition) is 0. The zero-order chi connectivity index (χ0) is 8.27. The van der Waals surface area contributed by atoms with Gasteiger partial charge in [-0.15, -0.1) is 0 Å². The van der Waals surface area contributed by atoms with Gasteiger partial charge in [0.25, 0.3) is 0 Å². The van der Waals surface area contributed by atoms with Gasteiger partial charge in [-0.25, -0.2) is 0 Å². The molecule has 0 N–H and O–H groups in total. The summed E-state index contributed by atoms with van der Waals surface area (Å²) in [4.78, 5) is 11.3. The van der Waals surface area contributed by atoms with Crippen molar-refractivity contribution in [2.75, 3.05) is 0 Å².